The number of nitrogens with zero attached hydrogens (tertiary/aromatic N) is 1. The van der Waals surface area contributed by atoms with Crippen LogP contribution in [0.4, 0.5) is 11.4 Å². The molecule has 0 unspecified atom stereocenters. The van der Waals surface area contributed by atoms with Crippen molar-refractivity contribution in [3.63, 3.8) is 0 Å². The Labute approximate surface area is 171 Å². The molecule has 2 amide bonds. The Balaban J connectivity index is 1.64. The molecule has 0 spiro atoms. The van der Waals surface area contributed by atoms with Crippen LogP contribution >= 0.6 is 0 Å². The van der Waals surface area contributed by atoms with E-state index in [0.29, 0.717) is 5.69 Å². The van der Waals surface area contributed by atoms with Gasteiger partial charge in [0.1, 0.15) is 0 Å². The summed E-state index contributed by atoms with van der Waals surface area (Å²) in [5.41, 5.74) is 3.51. The van der Waals surface area contributed by atoms with Gasteiger partial charge in [0, 0.05) is 25.5 Å². The van der Waals surface area contributed by atoms with E-state index >= 15 is 0 Å². The van der Waals surface area contributed by atoms with Crippen molar-refractivity contribution in [2.75, 3.05) is 30.9 Å². The first-order chi connectivity index (χ1) is 14.0. The van der Waals surface area contributed by atoms with Gasteiger partial charge in [-0.3, -0.25) is 9.59 Å². The van der Waals surface area contributed by atoms with Crippen molar-refractivity contribution >= 4 is 23.2 Å². The van der Waals surface area contributed by atoms with Crippen LogP contribution in [0.25, 0.3) is 0 Å². The largest absolute Gasteiger partial charge is 0.378 e. The zero-order chi connectivity index (χ0) is 20.6. The van der Waals surface area contributed by atoms with Gasteiger partial charge in [-0.2, -0.15) is 0 Å². The maximum Gasteiger partial charge on any atom is 0.243 e. The van der Waals surface area contributed by atoms with Crippen molar-refractivity contribution in [3.8, 4) is 0 Å². The first-order valence-corrected chi connectivity index (χ1v) is 9.49. The van der Waals surface area contributed by atoms with Crippen LogP contribution in [0.2, 0.25) is 0 Å². The number of carbonyl (C=O) groups is 2. The zero-order valence-corrected chi connectivity index (χ0v) is 16.6. The first-order valence-electron chi connectivity index (χ1n) is 9.49. The topological polar surface area (TPSA) is 61.4 Å². The second kappa shape index (κ2) is 9.55. The number of hydrogen-bond acceptors (Lipinski definition) is 3. The first kappa shape index (κ1) is 20.1. The lowest BCUT2D eigenvalue weighted by atomic mass is 9.90. The molecule has 3 aromatic rings. The summed E-state index contributed by atoms with van der Waals surface area (Å²) in [6.07, 6.45) is 0. The van der Waals surface area contributed by atoms with Crippen molar-refractivity contribution in [3.05, 3.63) is 96.1 Å². The lowest BCUT2D eigenvalue weighted by Crippen LogP contribution is -2.36. The number of benzene rings is 3. The summed E-state index contributed by atoms with van der Waals surface area (Å²) in [7, 11) is 3.91. The van der Waals surface area contributed by atoms with Gasteiger partial charge in [0.2, 0.25) is 11.8 Å². The second-order valence-electron chi connectivity index (χ2n) is 6.96. The van der Waals surface area contributed by atoms with Crippen LogP contribution in [0.1, 0.15) is 17.0 Å². The van der Waals surface area contributed by atoms with E-state index in [9.17, 15) is 9.59 Å². The Bertz CT molecular complexity index is 899. The average Bonchev–Trinajstić information content (AvgIpc) is 2.74. The molecule has 3 rings (SSSR count). The molecule has 29 heavy (non-hydrogen) atoms. The number of nitrogens with one attached hydrogen (secondary N) is 2. The van der Waals surface area contributed by atoms with E-state index in [0.717, 1.165) is 16.8 Å². The lowest BCUT2D eigenvalue weighted by Gasteiger charge is -2.18. The van der Waals surface area contributed by atoms with Crippen LogP contribution in [0.3, 0.4) is 0 Å². The Hall–Kier alpha value is -3.60. The van der Waals surface area contributed by atoms with Crippen LogP contribution in [0, 0.1) is 0 Å². The molecule has 148 valence electrons. The fraction of sp³-hybridized carbons (Fsp3) is 0.167. The minimum absolute atomic E-state index is 0.0928. The summed E-state index contributed by atoms with van der Waals surface area (Å²) in [5.74, 6) is -0.944. The summed E-state index contributed by atoms with van der Waals surface area (Å²) in [6.45, 7) is -0.0928. The van der Waals surface area contributed by atoms with E-state index in [4.69, 9.17) is 0 Å². The minimum Gasteiger partial charge on any atom is -0.378 e. The molecular formula is C24H25N3O2. The molecule has 0 aliphatic heterocycles. The van der Waals surface area contributed by atoms with Gasteiger partial charge in [0.15, 0.2) is 0 Å². The normalized spacial score (nSPS) is 10.4. The molecule has 5 heteroatoms. The number of carbonyl (C=O) groups excluding carboxylic acids is 2. The van der Waals surface area contributed by atoms with Crippen LogP contribution < -0.4 is 15.5 Å². The van der Waals surface area contributed by atoms with Gasteiger partial charge >= 0.3 is 0 Å². The van der Waals surface area contributed by atoms with Crippen molar-refractivity contribution in [2.45, 2.75) is 5.92 Å². The van der Waals surface area contributed by atoms with Crippen molar-refractivity contribution in [1.82, 2.24) is 5.32 Å². The molecule has 0 aromatic heterocycles. The lowest BCUT2D eigenvalue weighted by molar-refractivity contribution is -0.124. The second-order valence-corrected chi connectivity index (χ2v) is 6.96. The number of hydrogen-bond donors (Lipinski definition) is 2. The van der Waals surface area contributed by atoms with E-state index in [1.54, 1.807) is 0 Å². The fourth-order valence-electron chi connectivity index (χ4n) is 3.10. The molecule has 0 heterocycles. The highest BCUT2D eigenvalue weighted by Crippen LogP contribution is 2.24. The van der Waals surface area contributed by atoms with Gasteiger partial charge in [-0.25, -0.2) is 0 Å². The molecule has 0 atom stereocenters. The molecule has 0 aliphatic carbocycles. The standard InChI is InChI=1S/C24H25N3O2/c1-27(2)21-15-13-20(14-16-21)26-22(28)17-25-24(29)23(18-9-5-3-6-10-18)19-11-7-4-8-12-19/h3-16,23H,17H2,1-2H3,(H,25,29)(H,26,28). The van der Waals surface area contributed by atoms with Crippen molar-refractivity contribution in [2.24, 2.45) is 0 Å². The third-order valence-corrected chi connectivity index (χ3v) is 4.62. The quantitative estimate of drug-likeness (QED) is 0.651. The highest BCUT2D eigenvalue weighted by Gasteiger charge is 2.22. The highest BCUT2D eigenvalue weighted by molar-refractivity contribution is 5.96. The minimum atomic E-state index is -0.468. The van der Waals surface area contributed by atoms with Crippen LogP contribution in [0.5, 0.6) is 0 Å². The van der Waals surface area contributed by atoms with Crippen molar-refractivity contribution in [1.29, 1.82) is 0 Å². The molecule has 0 saturated heterocycles. The van der Waals surface area contributed by atoms with E-state index in [1.165, 1.54) is 0 Å². The Morgan fingerprint density at radius 3 is 1.79 bits per heavy atom. The highest BCUT2D eigenvalue weighted by atomic mass is 16.2. The van der Waals surface area contributed by atoms with E-state index in [2.05, 4.69) is 10.6 Å². The Morgan fingerprint density at radius 2 is 1.31 bits per heavy atom. The third kappa shape index (κ3) is 5.45. The van der Waals surface area contributed by atoms with Gasteiger partial charge in [-0.1, -0.05) is 60.7 Å². The molecule has 0 fully saturated rings. The summed E-state index contributed by atoms with van der Waals surface area (Å²) in [6, 6.07) is 26.7. The summed E-state index contributed by atoms with van der Waals surface area (Å²) < 4.78 is 0. The van der Waals surface area contributed by atoms with Gasteiger partial charge in [0.25, 0.3) is 0 Å². The summed E-state index contributed by atoms with van der Waals surface area (Å²) in [4.78, 5) is 27.2. The predicted octanol–water partition coefficient (Wildman–Crippen LogP) is 3.64. The van der Waals surface area contributed by atoms with Gasteiger partial charge < -0.3 is 15.5 Å². The van der Waals surface area contributed by atoms with Gasteiger partial charge in [-0.05, 0) is 35.4 Å². The summed E-state index contributed by atoms with van der Waals surface area (Å²) in [5, 5.41) is 5.58. The number of anilines is 2. The molecule has 0 radical (unpaired) electrons. The van der Waals surface area contributed by atoms with E-state index < -0.39 is 5.92 Å². The van der Waals surface area contributed by atoms with Crippen LogP contribution in [0.15, 0.2) is 84.9 Å². The average molecular weight is 387 g/mol. The number of amides is 2. The number of rotatable bonds is 7. The fourth-order valence-corrected chi connectivity index (χ4v) is 3.10. The SMILES string of the molecule is CN(C)c1ccc(NC(=O)CNC(=O)C(c2ccccc2)c2ccccc2)cc1. The maximum atomic E-state index is 12.9. The molecule has 0 saturated carbocycles. The molecular weight excluding hydrogens is 362 g/mol. The molecule has 2 N–H and O–H groups in total. The maximum absolute atomic E-state index is 12.9. The van der Waals surface area contributed by atoms with Gasteiger partial charge in [0.05, 0.1) is 12.5 Å². The smallest absolute Gasteiger partial charge is 0.243 e. The predicted molar refractivity (Wildman–Crippen MR) is 117 cm³/mol. The summed E-state index contributed by atoms with van der Waals surface area (Å²) >= 11 is 0. The van der Waals surface area contributed by atoms with Gasteiger partial charge in [-0.15, -0.1) is 0 Å². The van der Waals surface area contributed by atoms with Crippen LogP contribution in [-0.4, -0.2) is 32.5 Å². The monoisotopic (exact) mass is 387 g/mol. The Morgan fingerprint density at radius 1 is 0.793 bits per heavy atom. The van der Waals surface area contributed by atoms with E-state index in [-0.39, 0.29) is 18.4 Å². The molecule has 3 aromatic carbocycles. The van der Waals surface area contributed by atoms with Crippen molar-refractivity contribution < 1.29 is 9.59 Å². The van der Waals surface area contributed by atoms with E-state index in [1.807, 2.05) is 104 Å². The zero-order valence-electron chi connectivity index (χ0n) is 16.6. The Kier molecular flexibility index (Phi) is 6.63. The third-order valence-electron chi connectivity index (χ3n) is 4.62. The van der Waals surface area contributed by atoms with Crippen LogP contribution in [-0.2, 0) is 9.59 Å². The molecule has 0 aliphatic rings. The molecule has 5 nitrogen and oxygen atoms in total. The molecule has 0 bridgehead atoms.